The van der Waals surface area contributed by atoms with Crippen LogP contribution in [0.1, 0.15) is 33.0 Å². The van der Waals surface area contributed by atoms with Gasteiger partial charge >= 0.3 is 11.7 Å². The van der Waals surface area contributed by atoms with E-state index in [0.717, 1.165) is 27.9 Å². The fourth-order valence-corrected chi connectivity index (χ4v) is 4.09. The van der Waals surface area contributed by atoms with Crippen molar-refractivity contribution in [2.45, 2.75) is 40.3 Å². The Balaban J connectivity index is 1.76. The number of aryl methyl sites for hydroxylation is 1. The Labute approximate surface area is 186 Å². The van der Waals surface area contributed by atoms with Gasteiger partial charge in [0.2, 0.25) is 0 Å². The lowest BCUT2D eigenvalue weighted by Gasteiger charge is -2.14. The number of fused-ring (bicyclic) bond motifs is 2. The molecular weight excluding hydrogens is 404 g/mol. The molecule has 0 bridgehead atoms. The van der Waals surface area contributed by atoms with Crippen molar-refractivity contribution in [1.82, 2.24) is 18.7 Å². The van der Waals surface area contributed by atoms with Crippen molar-refractivity contribution in [2.75, 3.05) is 6.61 Å². The third kappa shape index (κ3) is 3.86. The molecule has 7 nitrogen and oxygen atoms in total. The Hall–Kier alpha value is -3.61. The van der Waals surface area contributed by atoms with Crippen LogP contribution in [0.5, 0.6) is 0 Å². The molecule has 0 saturated heterocycles. The lowest BCUT2D eigenvalue weighted by molar-refractivity contribution is -0.147. The molecule has 0 aliphatic rings. The van der Waals surface area contributed by atoms with Crippen molar-refractivity contribution < 1.29 is 9.53 Å². The molecule has 0 radical (unpaired) electrons. The number of rotatable bonds is 8. The number of hydrogen-bond acceptors (Lipinski definition) is 4. The fourth-order valence-electron chi connectivity index (χ4n) is 4.09. The number of carbonyl (C=O) groups is 1. The van der Waals surface area contributed by atoms with Gasteiger partial charge in [0.05, 0.1) is 41.1 Å². The number of para-hydroxylation sites is 4. The zero-order chi connectivity index (χ0) is 22.8. The van der Waals surface area contributed by atoms with Crippen LogP contribution >= 0.6 is 0 Å². The van der Waals surface area contributed by atoms with Gasteiger partial charge in [-0.3, -0.25) is 13.9 Å². The molecule has 166 valence electrons. The maximum Gasteiger partial charge on any atom is 0.333 e. The molecule has 2 aromatic heterocycles. The molecule has 4 aromatic rings. The Morgan fingerprint density at radius 3 is 2.41 bits per heavy atom. The first-order valence-corrected chi connectivity index (χ1v) is 10.9. The summed E-state index contributed by atoms with van der Waals surface area (Å²) in [4.78, 5) is 30.2. The summed E-state index contributed by atoms with van der Waals surface area (Å²) in [5.41, 5.74) is 4.03. The van der Waals surface area contributed by atoms with E-state index >= 15 is 0 Å². The number of esters is 1. The van der Waals surface area contributed by atoms with Gasteiger partial charge in [-0.2, -0.15) is 0 Å². The molecule has 0 saturated carbocycles. The highest BCUT2D eigenvalue weighted by Gasteiger charge is 2.19. The van der Waals surface area contributed by atoms with E-state index in [4.69, 9.17) is 9.72 Å². The van der Waals surface area contributed by atoms with Gasteiger partial charge in [0.15, 0.2) is 0 Å². The van der Waals surface area contributed by atoms with E-state index < -0.39 is 0 Å². The third-order valence-electron chi connectivity index (χ3n) is 5.73. The first kappa shape index (κ1) is 21.6. The van der Waals surface area contributed by atoms with Gasteiger partial charge in [0.1, 0.15) is 5.82 Å². The van der Waals surface area contributed by atoms with Crippen molar-refractivity contribution >= 4 is 33.7 Å². The molecule has 2 heterocycles. The van der Waals surface area contributed by atoms with Gasteiger partial charge in [-0.1, -0.05) is 37.8 Å². The van der Waals surface area contributed by atoms with E-state index in [-0.39, 0.29) is 17.6 Å². The minimum Gasteiger partial charge on any atom is -0.466 e. The lowest BCUT2D eigenvalue weighted by Crippen LogP contribution is -2.25. The van der Waals surface area contributed by atoms with Gasteiger partial charge in [-0.05, 0) is 44.5 Å². The van der Waals surface area contributed by atoms with Gasteiger partial charge < -0.3 is 9.30 Å². The highest BCUT2D eigenvalue weighted by atomic mass is 16.5. The normalized spacial score (nSPS) is 12.3. The van der Waals surface area contributed by atoms with Crippen LogP contribution in [0.3, 0.4) is 0 Å². The molecule has 32 heavy (non-hydrogen) atoms. The Kier molecular flexibility index (Phi) is 5.99. The third-order valence-corrected chi connectivity index (χ3v) is 5.73. The molecule has 0 aliphatic carbocycles. The molecule has 1 unspecified atom stereocenters. The van der Waals surface area contributed by atoms with Gasteiger partial charge in [-0.25, -0.2) is 9.78 Å². The highest BCUT2D eigenvalue weighted by molar-refractivity contribution is 5.80. The standard InChI is InChI=1S/C25H28N4O3/c1-5-32-24(30)18(4)14-15-27-20-11-7-6-10-19(20)26-23(27)16-28-21-12-8-9-13-22(21)29(17(2)3)25(28)31/h6-13,18H,2,5,14-16H2,1,3-4H3. The number of benzene rings is 2. The van der Waals surface area contributed by atoms with Gasteiger partial charge in [0, 0.05) is 12.2 Å². The number of aromatic nitrogens is 4. The van der Waals surface area contributed by atoms with Gasteiger partial charge in [0.25, 0.3) is 0 Å². The quantitative estimate of drug-likeness (QED) is 0.390. The maximum absolute atomic E-state index is 13.3. The Bertz CT molecular complexity index is 1360. The molecule has 0 aliphatic heterocycles. The topological polar surface area (TPSA) is 71.0 Å². The van der Waals surface area contributed by atoms with Gasteiger partial charge in [-0.15, -0.1) is 0 Å². The fraction of sp³-hybridized carbons (Fsp3) is 0.320. The molecular formula is C25H28N4O3. The second kappa shape index (κ2) is 8.86. The van der Waals surface area contributed by atoms with Crippen molar-refractivity contribution in [3.05, 3.63) is 71.4 Å². The molecule has 0 amide bonds. The largest absolute Gasteiger partial charge is 0.466 e. The van der Waals surface area contributed by atoms with Crippen molar-refractivity contribution in [3.8, 4) is 0 Å². The van der Waals surface area contributed by atoms with Crippen molar-refractivity contribution in [1.29, 1.82) is 0 Å². The molecule has 0 fully saturated rings. The van der Waals surface area contributed by atoms with E-state index in [9.17, 15) is 9.59 Å². The zero-order valence-corrected chi connectivity index (χ0v) is 18.7. The minimum atomic E-state index is -0.225. The lowest BCUT2D eigenvalue weighted by atomic mass is 10.1. The summed E-state index contributed by atoms with van der Waals surface area (Å²) in [5, 5.41) is 0. The van der Waals surface area contributed by atoms with Crippen LogP contribution in [-0.2, 0) is 22.6 Å². The number of allylic oxidation sites excluding steroid dienone is 1. The molecule has 0 spiro atoms. The molecule has 4 rings (SSSR count). The molecule has 7 heteroatoms. The zero-order valence-electron chi connectivity index (χ0n) is 18.7. The molecule has 1 atom stereocenters. The SMILES string of the molecule is C=C(C)n1c(=O)n(Cc2nc3ccccc3n2CCC(C)C(=O)OCC)c2ccccc21. The number of nitrogens with zero attached hydrogens (tertiary/aromatic N) is 4. The van der Waals surface area contributed by atoms with Crippen LogP contribution in [0.4, 0.5) is 0 Å². The summed E-state index contributed by atoms with van der Waals surface area (Å²) >= 11 is 0. The minimum absolute atomic E-state index is 0.141. The van der Waals surface area contributed by atoms with Crippen LogP contribution < -0.4 is 5.69 Å². The van der Waals surface area contributed by atoms with E-state index in [1.54, 1.807) is 9.13 Å². The summed E-state index contributed by atoms with van der Waals surface area (Å²) in [7, 11) is 0. The highest BCUT2D eigenvalue weighted by Crippen LogP contribution is 2.21. The summed E-state index contributed by atoms with van der Waals surface area (Å²) in [6.45, 7) is 10.8. The van der Waals surface area contributed by atoms with E-state index in [2.05, 4.69) is 11.1 Å². The Morgan fingerprint density at radius 2 is 1.72 bits per heavy atom. The summed E-state index contributed by atoms with van der Waals surface area (Å²) in [6.07, 6.45) is 0.620. The summed E-state index contributed by atoms with van der Waals surface area (Å²) in [5.74, 6) is 0.352. The number of imidazole rings is 2. The monoisotopic (exact) mass is 432 g/mol. The average Bonchev–Trinajstić information content (AvgIpc) is 3.27. The Morgan fingerprint density at radius 1 is 1.06 bits per heavy atom. The van der Waals surface area contributed by atoms with E-state index in [1.165, 1.54) is 0 Å². The smallest absolute Gasteiger partial charge is 0.333 e. The van der Waals surface area contributed by atoms with Crippen LogP contribution in [-0.4, -0.2) is 31.3 Å². The van der Waals surface area contributed by atoms with Crippen LogP contribution in [0.15, 0.2) is 59.9 Å². The number of hydrogen-bond donors (Lipinski definition) is 0. The molecule has 2 aromatic carbocycles. The van der Waals surface area contributed by atoms with Crippen molar-refractivity contribution in [2.24, 2.45) is 5.92 Å². The van der Waals surface area contributed by atoms with Crippen LogP contribution in [0, 0.1) is 5.92 Å². The second-order valence-electron chi connectivity index (χ2n) is 8.04. The average molecular weight is 433 g/mol. The van der Waals surface area contributed by atoms with Crippen molar-refractivity contribution in [3.63, 3.8) is 0 Å². The van der Waals surface area contributed by atoms with Crippen LogP contribution in [0.2, 0.25) is 0 Å². The summed E-state index contributed by atoms with van der Waals surface area (Å²) in [6, 6.07) is 15.6. The summed E-state index contributed by atoms with van der Waals surface area (Å²) < 4.78 is 10.6. The van der Waals surface area contributed by atoms with Crippen LogP contribution in [0.25, 0.3) is 27.8 Å². The first-order chi connectivity index (χ1) is 15.4. The van der Waals surface area contributed by atoms with E-state index in [1.807, 2.05) is 69.3 Å². The van der Waals surface area contributed by atoms with E-state index in [0.29, 0.717) is 31.8 Å². The number of carbonyl (C=O) groups excluding carboxylic acids is 1. The maximum atomic E-state index is 13.3. The first-order valence-electron chi connectivity index (χ1n) is 10.9. The predicted molar refractivity (Wildman–Crippen MR) is 126 cm³/mol. The molecule has 0 N–H and O–H groups in total. The number of ether oxygens (including phenoxy) is 1. The predicted octanol–water partition coefficient (Wildman–Crippen LogP) is 4.28. The second-order valence-corrected chi connectivity index (χ2v) is 8.04.